The van der Waals surface area contributed by atoms with E-state index >= 15 is 0 Å². The normalized spacial score (nSPS) is 27.7. The van der Waals surface area contributed by atoms with E-state index in [1.165, 1.54) is 0 Å². The van der Waals surface area contributed by atoms with Crippen LogP contribution in [0.5, 0.6) is 0 Å². The van der Waals surface area contributed by atoms with Gasteiger partial charge in [0, 0.05) is 23.8 Å². The molecule has 126 valence electrons. The highest BCUT2D eigenvalue weighted by Crippen LogP contribution is 2.36. The highest BCUT2D eigenvalue weighted by atomic mass is 35.5. The maximum Gasteiger partial charge on any atom is 0.229 e. The van der Waals surface area contributed by atoms with E-state index in [2.05, 4.69) is 6.92 Å². The summed E-state index contributed by atoms with van der Waals surface area (Å²) in [5.41, 5.74) is 0.630. The number of hydrogen-bond donors (Lipinski definition) is 0. The molecular weight excluding hydrogens is 314 g/mol. The van der Waals surface area contributed by atoms with Crippen molar-refractivity contribution < 1.29 is 14.3 Å². The summed E-state index contributed by atoms with van der Waals surface area (Å²) in [6.07, 6.45) is 1.41. The van der Waals surface area contributed by atoms with Crippen molar-refractivity contribution in [2.75, 3.05) is 26.4 Å². The van der Waals surface area contributed by atoms with Crippen LogP contribution in [0.25, 0.3) is 0 Å². The maximum absolute atomic E-state index is 13.1. The second-order valence-corrected chi connectivity index (χ2v) is 7.23. The monoisotopic (exact) mass is 337 g/mol. The van der Waals surface area contributed by atoms with Gasteiger partial charge in [0.05, 0.1) is 24.6 Å². The molecule has 0 N–H and O–H groups in total. The van der Waals surface area contributed by atoms with Crippen LogP contribution in [0.2, 0.25) is 5.02 Å². The van der Waals surface area contributed by atoms with Crippen molar-refractivity contribution in [2.24, 2.45) is 5.41 Å². The molecule has 2 atom stereocenters. The van der Waals surface area contributed by atoms with Gasteiger partial charge in [0.25, 0.3) is 0 Å². The standard InChI is InChI=1S/C18H24ClNO3/c1-13-12-23-16(14-5-3-4-6-15(14)19)11-20(13)17(21)18(2)7-9-22-10-8-18/h3-6,13,16H,7-12H2,1-2H3/t13-,16+/m0/s1. The lowest BCUT2D eigenvalue weighted by Crippen LogP contribution is -2.54. The van der Waals surface area contributed by atoms with E-state index in [9.17, 15) is 4.79 Å². The zero-order valence-corrected chi connectivity index (χ0v) is 14.5. The summed E-state index contributed by atoms with van der Waals surface area (Å²) >= 11 is 6.30. The van der Waals surface area contributed by atoms with Crippen LogP contribution in [0.15, 0.2) is 24.3 Å². The van der Waals surface area contributed by atoms with Gasteiger partial charge in [-0.2, -0.15) is 0 Å². The van der Waals surface area contributed by atoms with Crippen molar-refractivity contribution in [3.63, 3.8) is 0 Å². The first-order valence-corrected chi connectivity index (χ1v) is 8.64. The second-order valence-electron chi connectivity index (χ2n) is 6.82. The molecule has 1 aromatic rings. The van der Waals surface area contributed by atoms with E-state index in [0.29, 0.717) is 31.4 Å². The van der Waals surface area contributed by atoms with Gasteiger partial charge in [0.1, 0.15) is 6.10 Å². The molecule has 2 saturated heterocycles. The van der Waals surface area contributed by atoms with Crippen LogP contribution < -0.4 is 0 Å². The van der Waals surface area contributed by atoms with Crippen molar-refractivity contribution in [2.45, 2.75) is 38.8 Å². The van der Waals surface area contributed by atoms with Gasteiger partial charge in [-0.15, -0.1) is 0 Å². The minimum absolute atomic E-state index is 0.0842. The second kappa shape index (κ2) is 6.80. The van der Waals surface area contributed by atoms with E-state index < -0.39 is 0 Å². The molecule has 0 saturated carbocycles. The van der Waals surface area contributed by atoms with Crippen molar-refractivity contribution in [3.8, 4) is 0 Å². The Morgan fingerprint density at radius 2 is 2.00 bits per heavy atom. The molecular formula is C18H24ClNO3. The van der Waals surface area contributed by atoms with Crippen LogP contribution in [-0.4, -0.2) is 43.2 Å². The lowest BCUT2D eigenvalue weighted by Gasteiger charge is -2.44. The maximum atomic E-state index is 13.1. The highest BCUT2D eigenvalue weighted by molar-refractivity contribution is 6.31. The number of hydrogen-bond acceptors (Lipinski definition) is 3. The largest absolute Gasteiger partial charge is 0.381 e. The summed E-state index contributed by atoms with van der Waals surface area (Å²) in [6, 6.07) is 7.78. The molecule has 1 aromatic carbocycles. The average Bonchev–Trinajstić information content (AvgIpc) is 2.56. The van der Waals surface area contributed by atoms with E-state index in [1.54, 1.807) is 0 Å². The number of carbonyl (C=O) groups is 1. The molecule has 0 unspecified atom stereocenters. The van der Waals surface area contributed by atoms with Gasteiger partial charge < -0.3 is 14.4 Å². The SMILES string of the molecule is C[C@H]1CO[C@@H](c2ccccc2Cl)CN1C(=O)C1(C)CCOCC1. The lowest BCUT2D eigenvalue weighted by molar-refractivity contribution is -0.159. The molecule has 0 radical (unpaired) electrons. The number of ether oxygens (including phenoxy) is 2. The number of halogens is 1. The molecule has 0 spiro atoms. The zero-order valence-electron chi connectivity index (χ0n) is 13.8. The molecule has 3 rings (SSSR count). The van der Waals surface area contributed by atoms with Gasteiger partial charge in [0.15, 0.2) is 0 Å². The third-order valence-corrected chi connectivity index (χ3v) is 5.40. The first-order chi connectivity index (χ1) is 11.0. The summed E-state index contributed by atoms with van der Waals surface area (Å²) in [5.74, 6) is 0.216. The molecule has 0 aliphatic carbocycles. The van der Waals surface area contributed by atoms with E-state index in [4.69, 9.17) is 21.1 Å². The molecule has 5 heteroatoms. The fourth-order valence-electron chi connectivity index (χ4n) is 3.35. The average molecular weight is 338 g/mol. The van der Waals surface area contributed by atoms with E-state index in [0.717, 1.165) is 18.4 Å². The third kappa shape index (κ3) is 3.39. The Morgan fingerprint density at radius 3 is 2.70 bits per heavy atom. The summed E-state index contributed by atoms with van der Waals surface area (Å²) in [6.45, 7) is 6.52. The van der Waals surface area contributed by atoms with Gasteiger partial charge >= 0.3 is 0 Å². The van der Waals surface area contributed by atoms with Crippen LogP contribution in [0, 0.1) is 5.41 Å². The van der Waals surface area contributed by atoms with Crippen LogP contribution in [0.1, 0.15) is 38.4 Å². The van der Waals surface area contributed by atoms with E-state index in [-0.39, 0.29) is 23.5 Å². The van der Waals surface area contributed by atoms with Crippen molar-refractivity contribution in [1.82, 2.24) is 4.90 Å². The minimum atomic E-state index is -0.325. The summed E-state index contributed by atoms with van der Waals surface area (Å²) in [7, 11) is 0. The molecule has 0 aromatic heterocycles. The van der Waals surface area contributed by atoms with Gasteiger partial charge in [-0.1, -0.05) is 36.7 Å². The number of nitrogens with zero attached hydrogens (tertiary/aromatic N) is 1. The quantitative estimate of drug-likeness (QED) is 0.829. The van der Waals surface area contributed by atoms with Crippen molar-refractivity contribution >= 4 is 17.5 Å². The fourth-order valence-corrected chi connectivity index (χ4v) is 3.60. The van der Waals surface area contributed by atoms with Gasteiger partial charge in [-0.25, -0.2) is 0 Å². The smallest absolute Gasteiger partial charge is 0.229 e. The molecule has 2 aliphatic rings. The van der Waals surface area contributed by atoms with Crippen LogP contribution in [-0.2, 0) is 14.3 Å². The van der Waals surface area contributed by atoms with Crippen molar-refractivity contribution in [1.29, 1.82) is 0 Å². The third-order valence-electron chi connectivity index (χ3n) is 5.06. The minimum Gasteiger partial charge on any atom is -0.381 e. The van der Waals surface area contributed by atoms with Crippen molar-refractivity contribution in [3.05, 3.63) is 34.9 Å². The summed E-state index contributed by atoms with van der Waals surface area (Å²) in [5, 5.41) is 0.691. The van der Waals surface area contributed by atoms with Gasteiger partial charge in [-0.05, 0) is 25.8 Å². The molecule has 1 amide bonds. The topological polar surface area (TPSA) is 38.8 Å². The molecule has 2 aliphatic heterocycles. The zero-order chi connectivity index (χ0) is 16.4. The number of rotatable bonds is 2. The van der Waals surface area contributed by atoms with E-state index in [1.807, 2.05) is 36.1 Å². The highest BCUT2D eigenvalue weighted by Gasteiger charge is 2.42. The van der Waals surface area contributed by atoms with Crippen LogP contribution in [0.3, 0.4) is 0 Å². The molecule has 2 heterocycles. The summed E-state index contributed by atoms with van der Waals surface area (Å²) in [4.78, 5) is 15.1. The molecule has 4 nitrogen and oxygen atoms in total. The Labute approximate surface area is 142 Å². The van der Waals surface area contributed by atoms with Gasteiger partial charge in [0.2, 0.25) is 5.91 Å². The number of benzene rings is 1. The fraction of sp³-hybridized carbons (Fsp3) is 0.611. The summed E-state index contributed by atoms with van der Waals surface area (Å²) < 4.78 is 11.4. The first kappa shape index (κ1) is 16.7. The predicted octanol–water partition coefficient (Wildman–Crippen LogP) is 3.45. The number of morpholine rings is 1. The number of amides is 1. The van der Waals surface area contributed by atoms with Crippen LogP contribution >= 0.6 is 11.6 Å². The Balaban J connectivity index is 1.78. The molecule has 23 heavy (non-hydrogen) atoms. The van der Waals surface area contributed by atoms with Gasteiger partial charge in [-0.3, -0.25) is 4.79 Å². The Bertz CT molecular complexity index is 571. The lowest BCUT2D eigenvalue weighted by atomic mass is 9.80. The van der Waals surface area contributed by atoms with Crippen LogP contribution in [0.4, 0.5) is 0 Å². The predicted molar refractivity (Wildman–Crippen MR) is 89.5 cm³/mol. The number of carbonyl (C=O) groups excluding carboxylic acids is 1. The Kier molecular flexibility index (Phi) is 4.95. The molecule has 0 bridgehead atoms. The Morgan fingerprint density at radius 1 is 1.30 bits per heavy atom. The Hall–Kier alpha value is -1.10. The first-order valence-electron chi connectivity index (χ1n) is 8.26. The molecule has 2 fully saturated rings.